The molecule has 0 saturated heterocycles. The lowest BCUT2D eigenvalue weighted by Crippen LogP contribution is -2.30. The fourth-order valence-electron chi connectivity index (χ4n) is 3.30. The summed E-state index contributed by atoms with van der Waals surface area (Å²) in [5.74, 6) is 0.512. The molecular formula is C21H17Cl2N3O3. The van der Waals surface area contributed by atoms with E-state index in [1.165, 1.54) is 4.90 Å². The van der Waals surface area contributed by atoms with Crippen molar-refractivity contribution >= 4 is 35.0 Å². The van der Waals surface area contributed by atoms with Gasteiger partial charge in [-0.25, -0.2) is 0 Å². The van der Waals surface area contributed by atoms with Crippen LogP contribution in [-0.4, -0.2) is 33.4 Å². The smallest absolute Gasteiger partial charge is 0.261 e. The number of nitrogens with zero attached hydrogens (tertiary/aromatic N) is 3. The van der Waals surface area contributed by atoms with Crippen molar-refractivity contribution < 1.29 is 14.1 Å². The lowest BCUT2D eigenvalue weighted by molar-refractivity contribution is 0.0651. The molecule has 0 aliphatic carbocycles. The number of aromatic nitrogens is 2. The van der Waals surface area contributed by atoms with Crippen molar-refractivity contribution in [1.29, 1.82) is 0 Å². The second-order valence-electron chi connectivity index (χ2n) is 6.75. The summed E-state index contributed by atoms with van der Waals surface area (Å²) in [6.07, 6.45) is 2.96. The molecule has 4 rings (SSSR count). The van der Waals surface area contributed by atoms with Crippen LogP contribution in [0.3, 0.4) is 0 Å². The molecule has 2 amide bonds. The molecule has 0 saturated carbocycles. The minimum Gasteiger partial charge on any atom is -0.339 e. The molecule has 0 bridgehead atoms. The minimum absolute atomic E-state index is 0.216. The number of unbranched alkanes of at least 4 members (excludes halogenated alkanes) is 2. The number of fused-ring (bicyclic) bond motifs is 1. The van der Waals surface area contributed by atoms with Crippen molar-refractivity contribution in [2.75, 3.05) is 6.54 Å². The molecule has 0 fully saturated rings. The van der Waals surface area contributed by atoms with Crippen molar-refractivity contribution in [3.63, 3.8) is 0 Å². The fourth-order valence-corrected chi connectivity index (χ4v) is 3.79. The van der Waals surface area contributed by atoms with Crippen molar-refractivity contribution in [2.45, 2.75) is 25.7 Å². The van der Waals surface area contributed by atoms with Crippen LogP contribution in [0, 0.1) is 0 Å². The summed E-state index contributed by atoms with van der Waals surface area (Å²) in [6.45, 7) is 0.405. The Labute approximate surface area is 177 Å². The van der Waals surface area contributed by atoms with Crippen LogP contribution in [0.5, 0.6) is 0 Å². The molecular weight excluding hydrogens is 413 g/mol. The number of carbonyl (C=O) groups is 2. The van der Waals surface area contributed by atoms with Gasteiger partial charge in [-0.15, -0.1) is 0 Å². The summed E-state index contributed by atoms with van der Waals surface area (Å²) in [7, 11) is 0. The van der Waals surface area contributed by atoms with Gasteiger partial charge in [0, 0.05) is 23.6 Å². The van der Waals surface area contributed by atoms with E-state index < -0.39 is 0 Å². The molecule has 2 heterocycles. The van der Waals surface area contributed by atoms with Gasteiger partial charge in [0.1, 0.15) is 0 Å². The van der Waals surface area contributed by atoms with Crippen molar-refractivity contribution in [3.8, 4) is 11.4 Å². The molecule has 1 aliphatic heterocycles. The quantitative estimate of drug-likeness (QED) is 0.387. The standard InChI is InChI=1S/C21H17Cl2N3O3/c22-13-9-10-16(17(23)12-13)19-24-18(29-25-19)8-2-1-5-11-26-20(27)14-6-3-4-7-15(14)21(26)28/h3-4,6-7,9-10,12H,1-2,5,8,11H2. The molecule has 8 heteroatoms. The first-order valence-electron chi connectivity index (χ1n) is 9.28. The zero-order valence-corrected chi connectivity index (χ0v) is 16.9. The van der Waals surface area contributed by atoms with Crippen molar-refractivity contribution in [3.05, 3.63) is 69.5 Å². The molecule has 0 spiro atoms. The molecule has 3 aromatic rings. The lowest BCUT2D eigenvalue weighted by Gasteiger charge is -2.13. The van der Waals surface area contributed by atoms with Gasteiger partial charge in [0.05, 0.1) is 16.1 Å². The largest absolute Gasteiger partial charge is 0.339 e. The number of benzene rings is 2. The topological polar surface area (TPSA) is 76.3 Å². The number of rotatable bonds is 7. The van der Waals surface area contributed by atoms with E-state index >= 15 is 0 Å². The van der Waals surface area contributed by atoms with E-state index in [1.54, 1.807) is 42.5 Å². The van der Waals surface area contributed by atoms with Crippen LogP contribution in [0.4, 0.5) is 0 Å². The minimum atomic E-state index is -0.216. The number of imide groups is 1. The molecule has 0 unspecified atom stereocenters. The van der Waals surface area contributed by atoms with Gasteiger partial charge in [-0.05, 0) is 43.2 Å². The lowest BCUT2D eigenvalue weighted by atomic mass is 10.1. The Kier molecular flexibility index (Phi) is 5.65. The molecule has 0 radical (unpaired) electrons. The zero-order chi connectivity index (χ0) is 20.4. The normalized spacial score (nSPS) is 13.2. The second kappa shape index (κ2) is 8.35. The van der Waals surface area contributed by atoms with E-state index in [2.05, 4.69) is 10.1 Å². The van der Waals surface area contributed by atoms with Crippen LogP contribution in [0.15, 0.2) is 47.0 Å². The van der Waals surface area contributed by atoms with E-state index in [9.17, 15) is 9.59 Å². The van der Waals surface area contributed by atoms with Gasteiger partial charge >= 0.3 is 0 Å². The highest BCUT2D eigenvalue weighted by Crippen LogP contribution is 2.28. The average Bonchev–Trinajstić information content (AvgIpc) is 3.26. The predicted octanol–water partition coefficient (Wildman–Crippen LogP) is 5.05. The van der Waals surface area contributed by atoms with Gasteiger partial charge < -0.3 is 4.52 Å². The summed E-state index contributed by atoms with van der Waals surface area (Å²) in [4.78, 5) is 30.4. The predicted molar refractivity (Wildman–Crippen MR) is 109 cm³/mol. The van der Waals surface area contributed by atoms with Crippen molar-refractivity contribution in [2.24, 2.45) is 0 Å². The number of halogens is 2. The summed E-state index contributed by atoms with van der Waals surface area (Å²) in [5, 5.41) is 4.98. The third kappa shape index (κ3) is 4.04. The van der Waals surface area contributed by atoms with E-state index in [0.29, 0.717) is 51.4 Å². The van der Waals surface area contributed by atoms with Crippen LogP contribution >= 0.6 is 23.2 Å². The van der Waals surface area contributed by atoms with Gasteiger partial charge in [0.2, 0.25) is 11.7 Å². The molecule has 148 valence electrons. The summed E-state index contributed by atoms with van der Waals surface area (Å²) < 4.78 is 5.29. The Balaban J connectivity index is 1.26. The van der Waals surface area contributed by atoms with Crippen LogP contribution < -0.4 is 0 Å². The first-order chi connectivity index (χ1) is 14.0. The van der Waals surface area contributed by atoms with Crippen molar-refractivity contribution in [1.82, 2.24) is 15.0 Å². The number of hydrogen-bond acceptors (Lipinski definition) is 5. The highest BCUT2D eigenvalue weighted by molar-refractivity contribution is 6.36. The summed E-state index contributed by atoms with van der Waals surface area (Å²) in [5.41, 5.74) is 1.63. The van der Waals surface area contributed by atoms with Gasteiger partial charge in [0.15, 0.2) is 0 Å². The summed E-state index contributed by atoms with van der Waals surface area (Å²) >= 11 is 12.1. The average molecular weight is 430 g/mol. The first-order valence-corrected chi connectivity index (χ1v) is 10.0. The van der Waals surface area contributed by atoms with Gasteiger partial charge in [0.25, 0.3) is 11.8 Å². The number of aryl methyl sites for hydroxylation is 1. The number of amides is 2. The Bertz CT molecular complexity index is 1050. The molecule has 1 aliphatic rings. The maximum absolute atomic E-state index is 12.3. The fraction of sp³-hybridized carbons (Fsp3) is 0.238. The molecule has 29 heavy (non-hydrogen) atoms. The third-order valence-electron chi connectivity index (χ3n) is 4.79. The summed E-state index contributed by atoms with van der Waals surface area (Å²) in [6, 6.07) is 12.0. The van der Waals surface area contributed by atoms with Crippen LogP contribution in [0.2, 0.25) is 10.0 Å². The Morgan fingerprint density at radius 1 is 0.897 bits per heavy atom. The maximum Gasteiger partial charge on any atom is 0.261 e. The number of carbonyl (C=O) groups excluding carboxylic acids is 2. The van der Waals surface area contributed by atoms with Crippen LogP contribution in [0.25, 0.3) is 11.4 Å². The zero-order valence-electron chi connectivity index (χ0n) is 15.4. The monoisotopic (exact) mass is 429 g/mol. The first kappa shape index (κ1) is 19.6. The molecule has 6 nitrogen and oxygen atoms in total. The SMILES string of the molecule is O=C1c2ccccc2C(=O)N1CCCCCc1nc(-c2ccc(Cl)cc2Cl)no1. The highest BCUT2D eigenvalue weighted by Gasteiger charge is 2.34. The van der Waals surface area contributed by atoms with Crippen LogP contribution in [-0.2, 0) is 6.42 Å². The third-order valence-corrected chi connectivity index (χ3v) is 5.34. The van der Waals surface area contributed by atoms with Crippen LogP contribution in [0.1, 0.15) is 45.9 Å². The second-order valence-corrected chi connectivity index (χ2v) is 7.60. The molecule has 1 aromatic heterocycles. The number of hydrogen-bond donors (Lipinski definition) is 0. The highest BCUT2D eigenvalue weighted by atomic mass is 35.5. The van der Waals surface area contributed by atoms with E-state index in [1.807, 2.05) is 0 Å². The molecule has 0 atom stereocenters. The van der Waals surface area contributed by atoms with E-state index in [4.69, 9.17) is 27.7 Å². The van der Waals surface area contributed by atoms with Gasteiger partial charge in [-0.2, -0.15) is 4.98 Å². The molecule has 2 aromatic carbocycles. The Morgan fingerprint density at radius 3 is 2.31 bits per heavy atom. The van der Waals surface area contributed by atoms with Gasteiger partial charge in [-0.1, -0.05) is 46.9 Å². The molecule has 0 N–H and O–H groups in total. The van der Waals surface area contributed by atoms with Gasteiger partial charge in [-0.3, -0.25) is 14.5 Å². The Morgan fingerprint density at radius 2 is 1.62 bits per heavy atom. The maximum atomic E-state index is 12.3. The van der Waals surface area contributed by atoms with E-state index in [0.717, 1.165) is 19.3 Å². The van der Waals surface area contributed by atoms with E-state index in [-0.39, 0.29) is 11.8 Å². The Hall–Kier alpha value is -2.70.